The number of carboxylic acids is 1. The van der Waals surface area contributed by atoms with Crippen molar-refractivity contribution in [3.05, 3.63) is 69.7 Å². The van der Waals surface area contributed by atoms with Crippen LogP contribution < -0.4 is 4.74 Å². The molecule has 1 N–H and O–H groups in total. The highest BCUT2D eigenvalue weighted by Crippen LogP contribution is 2.61. The summed E-state index contributed by atoms with van der Waals surface area (Å²) >= 11 is 1.68. The fourth-order valence-corrected chi connectivity index (χ4v) is 5.56. The highest BCUT2D eigenvalue weighted by Gasteiger charge is 2.61. The number of ether oxygens (including phenoxy) is 1. The number of hydrogen-bond donors (Lipinski definition) is 1. The molecule has 1 spiro atoms. The van der Waals surface area contributed by atoms with Gasteiger partial charge < -0.3 is 9.84 Å². The average Bonchev–Trinajstić information content (AvgIpc) is 3.18. The molecule has 1 heterocycles. The van der Waals surface area contributed by atoms with Crippen LogP contribution >= 0.6 is 11.3 Å². The second kappa shape index (κ2) is 6.70. The van der Waals surface area contributed by atoms with Crippen molar-refractivity contribution in [2.24, 2.45) is 5.92 Å². The molecular weight excluding hydrogens is 382 g/mol. The lowest BCUT2D eigenvalue weighted by molar-refractivity contribution is -0.139. The van der Waals surface area contributed by atoms with Crippen molar-refractivity contribution in [1.29, 1.82) is 0 Å². The van der Waals surface area contributed by atoms with Gasteiger partial charge in [0, 0.05) is 11.0 Å². The van der Waals surface area contributed by atoms with E-state index in [2.05, 4.69) is 43.3 Å². The largest absolute Gasteiger partial charge is 0.488 e. The summed E-state index contributed by atoms with van der Waals surface area (Å²) in [5.74, 6) is -0.0307. The molecule has 1 saturated carbocycles. The van der Waals surface area contributed by atoms with Crippen LogP contribution in [0.1, 0.15) is 40.1 Å². The number of carboxylic acid groups (broad SMARTS) is 1. The fraction of sp³-hybridized carbons (Fsp3) is 0.333. The van der Waals surface area contributed by atoms with E-state index in [0.717, 1.165) is 46.2 Å². The Labute approximate surface area is 174 Å². The van der Waals surface area contributed by atoms with E-state index in [9.17, 15) is 9.90 Å². The van der Waals surface area contributed by atoms with E-state index in [1.807, 2.05) is 13.0 Å². The number of aryl methyl sites for hydroxylation is 3. The van der Waals surface area contributed by atoms with Crippen LogP contribution in [0.2, 0.25) is 0 Å². The Balaban J connectivity index is 1.30. The van der Waals surface area contributed by atoms with Crippen molar-refractivity contribution in [1.82, 2.24) is 4.98 Å². The molecule has 2 atom stereocenters. The van der Waals surface area contributed by atoms with Gasteiger partial charge in [0.2, 0.25) is 0 Å². The van der Waals surface area contributed by atoms with Gasteiger partial charge in [-0.05, 0) is 56.4 Å². The Kier molecular flexibility index (Phi) is 4.24. The molecule has 0 amide bonds. The Morgan fingerprint density at radius 2 is 2.03 bits per heavy atom. The average molecular weight is 406 g/mol. The fourth-order valence-electron chi connectivity index (χ4n) is 4.58. The predicted octanol–water partition coefficient (Wildman–Crippen LogP) is 5.29. The summed E-state index contributed by atoms with van der Waals surface area (Å²) in [5.41, 5.74) is 5.73. The molecule has 5 heteroatoms. The zero-order valence-electron chi connectivity index (χ0n) is 16.6. The zero-order chi connectivity index (χ0) is 20.2. The van der Waals surface area contributed by atoms with E-state index in [1.165, 1.54) is 16.7 Å². The van der Waals surface area contributed by atoms with Crippen molar-refractivity contribution in [2.45, 2.75) is 45.1 Å². The van der Waals surface area contributed by atoms with Gasteiger partial charge in [-0.3, -0.25) is 4.79 Å². The summed E-state index contributed by atoms with van der Waals surface area (Å²) < 4.78 is 6.08. The summed E-state index contributed by atoms with van der Waals surface area (Å²) in [7, 11) is 0. The molecule has 4 nitrogen and oxygen atoms in total. The van der Waals surface area contributed by atoms with E-state index in [-0.39, 0.29) is 11.3 Å². The van der Waals surface area contributed by atoms with Gasteiger partial charge in [-0.1, -0.05) is 35.9 Å². The third-order valence-corrected chi connectivity index (χ3v) is 7.57. The minimum atomic E-state index is -0.664. The molecule has 1 aromatic heterocycles. The maximum atomic E-state index is 11.4. The molecule has 2 aliphatic carbocycles. The van der Waals surface area contributed by atoms with Crippen LogP contribution in [0.3, 0.4) is 0 Å². The second-order valence-corrected chi connectivity index (χ2v) is 9.34. The molecule has 1 fully saturated rings. The number of nitrogens with zero attached hydrogens (tertiary/aromatic N) is 1. The Morgan fingerprint density at radius 1 is 1.24 bits per heavy atom. The molecular formula is C24H23NO3S. The summed E-state index contributed by atoms with van der Waals surface area (Å²) in [6.07, 6.45) is 2.65. The molecule has 3 aromatic rings. The molecule has 0 aliphatic heterocycles. The first-order valence-electron chi connectivity index (χ1n) is 9.99. The van der Waals surface area contributed by atoms with E-state index in [1.54, 1.807) is 11.3 Å². The van der Waals surface area contributed by atoms with Crippen LogP contribution in [-0.2, 0) is 23.2 Å². The molecule has 5 rings (SSSR count). The van der Waals surface area contributed by atoms with Gasteiger partial charge in [-0.25, -0.2) is 4.98 Å². The van der Waals surface area contributed by atoms with Crippen LogP contribution in [0.4, 0.5) is 0 Å². The van der Waals surface area contributed by atoms with E-state index in [4.69, 9.17) is 9.72 Å². The predicted molar refractivity (Wildman–Crippen MR) is 114 cm³/mol. The van der Waals surface area contributed by atoms with Gasteiger partial charge in [-0.15, -0.1) is 11.3 Å². The summed E-state index contributed by atoms with van der Waals surface area (Å²) in [5, 5.41) is 10.4. The first-order valence-corrected chi connectivity index (χ1v) is 10.8. The molecule has 148 valence electrons. The molecule has 2 aromatic carbocycles. The normalized spacial score (nSPS) is 21.9. The molecule has 29 heavy (non-hydrogen) atoms. The quantitative estimate of drug-likeness (QED) is 0.626. The van der Waals surface area contributed by atoms with Gasteiger partial charge in [0.25, 0.3) is 0 Å². The lowest BCUT2D eigenvalue weighted by Gasteiger charge is -2.11. The van der Waals surface area contributed by atoms with Crippen LogP contribution in [0.25, 0.3) is 10.6 Å². The number of benzene rings is 2. The lowest BCUT2D eigenvalue weighted by atomic mass is 9.95. The molecule has 2 aliphatic rings. The number of rotatable bonds is 5. The number of fused-ring (bicyclic) bond motifs is 2. The van der Waals surface area contributed by atoms with Crippen molar-refractivity contribution in [3.8, 4) is 16.3 Å². The van der Waals surface area contributed by atoms with Crippen molar-refractivity contribution < 1.29 is 14.6 Å². The van der Waals surface area contributed by atoms with Crippen LogP contribution in [-0.4, -0.2) is 16.1 Å². The first kappa shape index (κ1) is 18.4. The molecule has 0 bridgehead atoms. The third-order valence-electron chi connectivity index (χ3n) is 6.39. The number of hydrogen-bond acceptors (Lipinski definition) is 4. The number of aliphatic carboxylic acids is 1. The second-order valence-electron chi connectivity index (χ2n) is 8.25. The number of aromatic nitrogens is 1. The summed E-state index contributed by atoms with van der Waals surface area (Å²) in [4.78, 5) is 17.2. The summed E-state index contributed by atoms with van der Waals surface area (Å²) in [6.45, 7) is 4.61. The number of carbonyl (C=O) groups is 1. The van der Waals surface area contributed by atoms with Crippen LogP contribution in [0.5, 0.6) is 5.75 Å². The third kappa shape index (κ3) is 3.14. The maximum absolute atomic E-state index is 11.4. The van der Waals surface area contributed by atoms with Crippen LogP contribution in [0, 0.1) is 19.8 Å². The maximum Gasteiger partial charge on any atom is 0.307 e. The molecule has 0 saturated heterocycles. The number of thiazole rings is 1. The Morgan fingerprint density at radius 3 is 2.76 bits per heavy atom. The monoisotopic (exact) mass is 405 g/mol. The summed E-state index contributed by atoms with van der Waals surface area (Å²) in [6, 6.07) is 14.6. The smallest absolute Gasteiger partial charge is 0.307 e. The van der Waals surface area contributed by atoms with Gasteiger partial charge in [0.1, 0.15) is 17.4 Å². The standard InChI is InChI=1S/C24H23NO3S/c1-14-3-5-16(6-4-14)22-25-15(2)21(29-22)13-28-18-7-8-19-17(11-18)9-10-24(19)12-20(24)23(26)27/h3-8,11,20H,9-10,12-13H2,1-2H3,(H,26,27)/t20-,24-/m0/s1. The van der Waals surface area contributed by atoms with Crippen molar-refractivity contribution in [2.75, 3.05) is 0 Å². The Bertz CT molecular complexity index is 1100. The van der Waals surface area contributed by atoms with Crippen molar-refractivity contribution >= 4 is 17.3 Å². The molecule has 0 unspecified atom stereocenters. The van der Waals surface area contributed by atoms with Crippen LogP contribution in [0.15, 0.2) is 42.5 Å². The van der Waals surface area contributed by atoms with Gasteiger partial charge in [0.05, 0.1) is 16.5 Å². The Hall–Kier alpha value is -2.66. The minimum Gasteiger partial charge on any atom is -0.488 e. The SMILES string of the molecule is Cc1ccc(-c2nc(C)c(COc3ccc4c(c3)CC[C@]43C[C@H]3C(=O)O)s2)cc1. The van der Waals surface area contributed by atoms with Crippen molar-refractivity contribution in [3.63, 3.8) is 0 Å². The highest BCUT2D eigenvalue weighted by molar-refractivity contribution is 7.15. The zero-order valence-corrected chi connectivity index (χ0v) is 17.4. The van der Waals surface area contributed by atoms with E-state index >= 15 is 0 Å². The van der Waals surface area contributed by atoms with Gasteiger partial charge >= 0.3 is 5.97 Å². The van der Waals surface area contributed by atoms with Gasteiger partial charge in [0.15, 0.2) is 0 Å². The first-order chi connectivity index (χ1) is 14.0. The van der Waals surface area contributed by atoms with E-state index in [0.29, 0.717) is 6.61 Å². The topological polar surface area (TPSA) is 59.4 Å². The minimum absolute atomic E-state index is 0.114. The lowest BCUT2D eigenvalue weighted by Crippen LogP contribution is -2.11. The highest BCUT2D eigenvalue weighted by atomic mass is 32.1. The van der Waals surface area contributed by atoms with Gasteiger partial charge in [-0.2, -0.15) is 0 Å². The van der Waals surface area contributed by atoms with E-state index < -0.39 is 5.97 Å². The molecule has 0 radical (unpaired) electrons.